The lowest BCUT2D eigenvalue weighted by Crippen LogP contribution is -2.63. The highest BCUT2D eigenvalue weighted by atomic mass is 16.2. The van der Waals surface area contributed by atoms with Crippen molar-refractivity contribution in [1.29, 1.82) is 0 Å². The third-order valence-corrected chi connectivity index (χ3v) is 9.37. The molecule has 2 unspecified atom stereocenters. The van der Waals surface area contributed by atoms with Crippen LogP contribution in [0, 0.1) is 34.5 Å². The second-order valence-corrected chi connectivity index (χ2v) is 10.7. The monoisotopic (exact) mass is 377 g/mol. The Morgan fingerprint density at radius 2 is 1.86 bits per heavy atom. The largest absolute Gasteiger partial charge is 0.338 e. The predicted octanol–water partition coefficient (Wildman–Crippen LogP) is 5.48. The van der Waals surface area contributed by atoms with E-state index in [0.29, 0.717) is 17.4 Å². The van der Waals surface area contributed by atoms with Gasteiger partial charge in [0.2, 0.25) is 5.91 Å². The van der Waals surface area contributed by atoms with Crippen molar-refractivity contribution in [1.82, 2.24) is 4.90 Å². The normalized spacial score (nSPS) is 44.8. The Morgan fingerprint density at radius 1 is 1.07 bits per heavy atom. The third-order valence-electron chi connectivity index (χ3n) is 9.37. The second kappa shape index (κ2) is 6.47. The van der Waals surface area contributed by atoms with Gasteiger partial charge in [-0.05, 0) is 79.3 Å². The zero-order chi connectivity index (χ0) is 19.5. The molecule has 1 aromatic carbocycles. The SMILES string of the molecule is CN1C(=O)C=C[C@@]2(C)C1C(Cc1ccccc1)C[C@@H]1[C@H]2CC[C@]2(C)CCC[C@@H]12. The minimum Gasteiger partial charge on any atom is -0.338 e. The molecule has 1 aliphatic heterocycles. The number of nitrogens with zero attached hydrogens (tertiary/aromatic N) is 1. The van der Waals surface area contributed by atoms with Gasteiger partial charge in [-0.25, -0.2) is 0 Å². The standard InChI is InChI=1S/C26H35NO/c1-25-13-7-10-21(25)20-17-19(16-18-8-5-4-6-9-18)24-26(2,22(20)11-14-25)15-12-23(28)27(24)3/h4-6,8-9,12,15,19-22,24H,7,10-11,13-14,16-17H2,1-3H3/t19?,20-,21-,22+,24?,25-,26+/m0/s1. The van der Waals surface area contributed by atoms with Crippen molar-refractivity contribution < 1.29 is 4.79 Å². The highest BCUT2D eigenvalue weighted by Crippen LogP contribution is 2.65. The summed E-state index contributed by atoms with van der Waals surface area (Å²) in [6.45, 7) is 5.05. The van der Waals surface area contributed by atoms with Crippen LogP contribution in [0.25, 0.3) is 0 Å². The maximum absolute atomic E-state index is 12.6. The molecule has 1 amide bonds. The van der Waals surface area contributed by atoms with Gasteiger partial charge in [-0.3, -0.25) is 4.79 Å². The highest BCUT2D eigenvalue weighted by molar-refractivity contribution is 5.89. The van der Waals surface area contributed by atoms with E-state index in [1.807, 2.05) is 6.08 Å². The number of carbonyl (C=O) groups is 1. The molecule has 3 saturated carbocycles. The molecule has 2 heteroatoms. The van der Waals surface area contributed by atoms with Crippen LogP contribution in [-0.4, -0.2) is 23.9 Å². The summed E-state index contributed by atoms with van der Waals surface area (Å²) >= 11 is 0. The Balaban J connectivity index is 1.55. The van der Waals surface area contributed by atoms with Crippen molar-refractivity contribution >= 4 is 5.91 Å². The van der Waals surface area contributed by atoms with Crippen molar-refractivity contribution in [2.75, 3.05) is 7.05 Å². The van der Waals surface area contributed by atoms with Gasteiger partial charge in [0.05, 0.1) is 0 Å². The van der Waals surface area contributed by atoms with Crippen molar-refractivity contribution in [3.05, 3.63) is 48.0 Å². The summed E-state index contributed by atoms with van der Waals surface area (Å²) in [7, 11) is 2.05. The van der Waals surface area contributed by atoms with Crippen LogP contribution >= 0.6 is 0 Å². The summed E-state index contributed by atoms with van der Waals surface area (Å²) in [4.78, 5) is 14.7. The molecule has 5 rings (SSSR count). The number of fused-ring (bicyclic) bond motifs is 5. The lowest BCUT2D eigenvalue weighted by Gasteiger charge is -2.62. The maximum atomic E-state index is 12.6. The van der Waals surface area contributed by atoms with E-state index >= 15 is 0 Å². The fourth-order valence-electron chi connectivity index (χ4n) is 8.16. The van der Waals surface area contributed by atoms with E-state index in [0.717, 1.165) is 24.2 Å². The molecule has 0 saturated heterocycles. The summed E-state index contributed by atoms with van der Waals surface area (Å²) in [5, 5.41) is 0. The van der Waals surface area contributed by atoms with Crippen LogP contribution in [0.1, 0.15) is 57.9 Å². The first-order chi connectivity index (χ1) is 13.4. The number of rotatable bonds is 2. The van der Waals surface area contributed by atoms with Gasteiger partial charge in [0.15, 0.2) is 0 Å². The van der Waals surface area contributed by atoms with E-state index in [-0.39, 0.29) is 11.3 Å². The van der Waals surface area contributed by atoms with Crippen molar-refractivity contribution in [2.45, 2.75) is 64.8 Å². The first-order valence-corrected chi connectivity index (χ1v) is 11.4. The average molecular weight is 378 g/mol. The van der Waals surface area contributed by atoms with Gasteiger partial charge in [-0.2, -0.15) is 0 Å². The Labute approximate surface area is 170 Å². The summed E-state index contributed by atoms with van der Waals surface area (Å²) in [6, 6.07) is 11.3. The fraction of sp³-hybridized carbons (Fsp3) is 0.654. The zero-order valence-corrected chi connectivity index (χ0v) is 17.7. The van der Waals surface area contributed by atoms with E-state index < -0.39 is 0 Å². The Bertz CT molecular complexity index is 785. The fourth-order valence-corrected chi connectivity index (χ4v) is 8.16. The molecule has 0 spiro atoms. The Hall–Kier alpha value is -1.57. The lowest BCUT2D eigenvalue weighted by atomic mass is 9.46. The van der Waals surface area contributed by atoms with Gasteiger partial charge in [0.1, 0.15) is 0 Å². The van der Waals surface area contributed by atoms with Crippen LogP contribution in [0.15, 0.2) is 42.5 Å². The van der Waals surface area contributed by atoms with Gasteiger partial charge in [-0.1, -0.05) is 56.7 Å². The molecule has 1 aromatic rings. The molecular formula is C26H35NO. The minimum atomic E-state index is 0.120. The molecule has 0 bridgehead atoms. The minimum absolute atomic E-state index is 0.120. The van der Waals surface area contributed by atoms with Gasteiger partial charge < -0.3 is 4.90 Å². The molecule has 150 valence electrons. The number of hydrogen-bond acceptors (Lipinski definition) is 1. The first-order valence-electron chi connectivity index (χ1n) is 11.4. The van der Waals surface area contributed by atoms with E-state index in [1.165, 1.54) is 44.1 Å². The Kier molecular flexibility index (Phi) is 4.27. The number of hydrogen-bond donors (Lipinski definition) is 0. The molecule has 4 aliphatic rings. The van der Waals surface area contributed by atoms with E-state index in [2.05, 4.69) is 62.2 Å². The quantitative estimate of drug-likeness (QED) is 0.668. The summed E-state index contributed by atoms with van der Waals surface area (Å²) in [5.74, 6) is 3.18. The number of carbonyl (C=O) groups excluding carboxylic acids is 1. The summed E-state index contributed by atoms with van der Waals surface area (Å²) in [6.07, 6.45) is 13.6. The smallest absolute Gasteiger partial charge is 0.246 e. The summed E-state index contributed by atoms with van der Waals surface area (Å²) in [5.41, 5.74) is 2.12. The van der Waals surface area contributed by atoms with E-state index in [9.17, 15) is 4.79 Å². The molecule has 3 fully saturated rings. The van der Waals surface area contributed by atoms with Crippen LogP contribution in [-0.2, 0) is 11.2 Å². The number of amides is 1. The molecular weight excluding hydrogens is 342 g/mol. The van der Waals surface area contributed by atoms with Crippen molar-refractivity contribution in [3.63, 3.8) is 0 Å². The van der Waals surface area contributed by atoms with Crippen molar-refractivity contribution in [2.24, 2.45) is 34.5 Å². The molecule has 3 aliphatic carbocycles. The number of likely N-dealkylation sites (N-methyl/N-ethyl adjacent to an activating group) is 1. The third kappa shape index (κ3) is 2.63. The summed E-state index contributed by atoms with van der Waals surface area (Å²) < 4.78 is 0. The van der Waals surface area contributed by atoms with Gasteiger partial charge in [0.25, 0.3) is 0 Å². The van der Waals surface area contributed by atoms with Crippen LogP contribution in [0.4, 0.5) is 0 Å². The topological polar surface area (TPSA) is 20.3 Å². The van der Waals surface area contributed by atoms with Gasteiger partial charge in [0, 0.05) is 18.5 Å². The Morgan fingerprint density at radius 3 is 2.64 bits per heavy atom. The molecule has 1 heterocycles. The van der Waals surface area contributed by atoms with Gasteiger partial charge >= 0.3 is 0 Å². The molecule has 28 heavy (non-hydrogen) atoms. The predicted molar refractivity (Wildman–Crippen MR) is 114 cm³/mol. The van der Waals surface area contributed by atoms with Crippen LogP contribution in [0.5, 0.6) is 0 Å². The van der Waals surface area contributed by atoms with Crippen LogP contribution < -0.4 is 0 Å². The van der Waals surface area contributed by atoms with Gasteiger partial charge in [-0.15, -0.1) is 0 Å². The van der Waals surface area contributed by atoms with Crippen LogP contribution in [0.2, 0.25) is 0 Å². The van der Waals surface area contributed by atoms with E-state index in [4.69, 9.17) is 0 Å². The molecule has 7 atom stereocenters. The molecule has 0 aromatic heterocycles. The van der Waals surface area contributed by atoms with Crippen LogP contribution in [0.3, 0.4) is 0 Å². The zero-order valence-electron chi connectivity index (χ0n) is 17.7. The number of benzene rings is 1. The second-order valence-electron chi connectivity index (χ2n) is 10.7. The maximum Gasteiger partial charge on any atom is 0.246 e. The highest BCUT2D eigenvalue weighted by Gasteiger charge is 2.60. The lowest BCUT2D eigenvalue weighted by molar-refractivity contribution is -0.144. The van der Waals surface area contributed by atoms with Crippen molar-refractivity contribution in [3.8, 4) is 0 Å². The first kappa shape index (κ1) is 18.5. The van der Waals surface area contributed by atoms with E-state index in [1.54, 1.807) is 0 Å². The average Bonchev–Trinajstić information content (AvgIpc) is 3.08. The molecule has 0 N–H and O–H groups in total. The molecule has 2 nitrogen and oxygen atoms in total. The molecule has 0 radical (unpaired) electrons.